The fourth-order valence-corrected chi connectivity index (χ4v) is 3.89. The van der Waals surface area contributed by atoms with Crippen LogP contribution in [0.1, 0.15) is 24.8 Å². The van der Waals surface area contributed by atoms with Crippen LogP contribution in [-0.4, -0.2) is 11.9 Å². The average Bonchev–Trinajstić information content (AvgIpc) is 2.97. The molecule has 2 bridgehead atoms. The first kappa shape index (κ1) is 15.6. The van der Waals surface area contributed by atoms with E-state index < -0.39 is 0 Å². The van der Waals surface area contributed by atoms with Crippen LogP contribution in [0, 0.1) is 17.8 Å². The number of rotatable bonds is 3. The minimum Gasteiger partial charge on any atom is -0.352 e. The Morgan fingerprint density at radius 2 is 2.10 bits per heavy atom. The Bertz CT molecular complexity index is 493. The number of carbonyl (C=O) groups excluding carboxylic acids is 1. The molecule has 20 heavy (non-hydrogen) atoms. The Hall–Kier alpha value is -0.770. The van der Waals surface area contributed by atoms with Gasteiger partial charge in [0.2, 0.25) is 5.91 Å². The maximum absolute atomic E-state index is 12.3. The van der Waals surface area contributed by atoms with Gasteiger partial charge in [0.25, 0.3) is 0 Å². The fraction of sp³-hybridized carbons (Fsp3) is 0.533. The lowest BCUT2D eigenvalue weighted by Crippen LogP contribution is -2.45. The highest BCUT2D eigenvalue weighted by Crippen LogP contribution is 2.47. The monoisotopic (exact) mass is 314 g/mol. The predicted molar refractivity (Wildman–Crippen MR) is 82.8 cm³/mol. The van der Waals surface area contributed by atoms with E-state index in [9.17, 15) is 4.79 Å². The first-order valence-electron chi connectivity index (χ1n) is 6.93. The second-order valence-electron chi connectivity index (χ2n) is 5.78. The van der Waals surface area contributed by atoms with E-state index in [1.165, 1.54) is 6.42 Å². The summed E-state index contributed by atoms with van der Waals surface area (Å²) in [6.45, 7) is 0.528. The van der Waals surface area contributed by atoms with Gasteiger partial charge in [-0.3, -0.25) is 4.79 Å². The quantitative estimate of drug-likeness (QED) is 0.901. The number of hydrogen-bond donors (Lipinski definition) is 2. The molecule has 3 N–H and O–H groups in total. The van der Waals surface area contributed by atoms with Crippen molar-refractivity contribution in [3.8, 4) is 0 Å². The molecule has 110 valence electrons. The van der Waals surface area contributed by atoms with E-state index in [4.69, 9.17) is 17.3 Å². The van der Waals surface area contributed by atoms with Gasteiger partial charge in [0.1, 0.15) is 0 Å². The van der Waals surface area contributed by atoms with Crippen molar-refractivity contribution >= 4 is 29.9 Å². The predicted octanol–water partition coefficient (Wildman–Crippen LogP) is 2.75. The summed E-state index contributed by atoms with van der Waals surface area (Å²) in [6.07, 6.45) is 3.49. The Kier molecular flexibility index (Phi) is 4.95. The first-order chi connectivity index (χ1) is 9.15. The number of amides is 1. The third kappa shape index (κ3) is 2.95. The molecule has 4 unspecified atom stereocenters. The lowest BCUT2D eigenvalue weighted by atomic mass is 9.84. The Morgan fingerprint density at radius 1 is 1.35 bits per heavy atom. The van der Waals surface area contributed by atoms with E-state index in [1.54, 1.807) is 0 Å². The third-order valence-electron chi connectivity index (χ3n) is 4.64. The highest BCUT2D eigenvalue weighted by Gasteiger charge is 2.48. The molecule has 0 spiro atoms. The van der Waals surface area contributed by atoms with Gasteiger partial charge in [0, 0.05) is 17.6 Å². The molecule has 0 heterocycles. The lowest BCUT2D eigenvalue weighted by Gasteiger charge is -2.27. The van der Waals surface area contributed by atoms with Crippen molar-refractivity contribution in [3.63, 3.8) is 0 Å². The molecular weight excluding hydrogens is 295 g/mol. The maximum Gasteiger partial charge on any atom is 0.225 e. The molecule has 3 rings (SSSR count). The van der Waals surface area contributed by atoms with Crippen molar-refractivity contribution in [1.29, 1.82) is 0 Å². The summed E-state index contributed by atoms with van der Waals surface area (Å²) >= 11 is 5.93. The van der Waals surface area contributed by atoms with Crippen LogP contribution in [-0.2, 0) is 11.3 Å². The minimum atomic E-state index is 0. The van der Waals surface area contributed by atoms with Gasteiger partial charge < -0.3 is 11.1 Å². The third-order valence-corrected chi connectivity index (χ3v) is 4.87. The summed E-state index contributed by atoms with van der Waals surface area (Å²) in [4.78, 5) is 12.3. The Balaban J connectivity index is 0.00000147. The van der Waals surface area contributed by atoms with Crippen LogP contribution in [0.5, 0.6) is 0 Å². The van der Waals surface area contributed by atoms with Crippen LogP contribution >= 0.6 is 24.0 Å². The number of benzene rings is 1. The number of nitrogens with two attached hydrogens (primary N) is 1. The van der Waals surface area contributed by atoms with Gasteiger partial charge >= 0.3 is 0 Å². The summed E-state index contributed by atoms with van der Waals surface area (Å²) < 4.78 is 0. The van der Waals surface area contributed by atoms with Gasteiger partial charge in [0.05, 0.1) is 5.92 Å². The van der Waals surface area contributed by atoms with Crippen molar-refractivity contribution < 1.29 is 4.79 Å². The standard InChI is InChI=1S/C15H19ClN2O.ClH/c16-12-3-1-2-9(6-12)8-18-15(19)13-10-4-5-11(7-10)14(13)17;/h1-3,6,10-11,13-14H,4-5,7-8,17H2,(H,18,19);1H. The van der Waals surface area contributed by atoms with E-state index in [2.05, 4.69) is 5.32 Å². The van der Waals surface area contributed by atoms with Crippen LogP contribution in [0.3, 0.4) is 0 Å². The Morgan fingerprint density at radius 3 is 2.75 bits per heavy atom. The van der Waals surface area contributed by atoms with Gasteiger partial charge in [-0.25, -0.2) is 0 Å². The molecule has 0 radical (unpaired) electrons. The van der Waals surface area contributed by atoms with Gasteiger partial charge in [-0.05, 0) is 48.8 Å². The summed E-state index contributed by atoms with van der Waals surface area (Å²) in [6, 6.07) is 7.62. The van der Waals surface area contributed by atoms with Crippen LogP contribution in [0.25, 0.3) is 0 Å². The minimum absolute atomic E-state index is 0. The van der Waals surface area contributed by atoms with Crippen molar-refractivity contribution in [3.05, 3.63) is 34.9 Å². The highest BCUT2D eigenvalue weighted by molar-refractivity contribution is 6.30. The summed E-state index contributed by atoms with van der Waals surface area (Å²) in [5.41, 5.74) is 7.20. The molecule has 1 aromatic rings. The first-order valence-corrected chi connectivity index (χ1v) is 7.30. The van der Waals surface area contributed by atoms with Crippen molar-refractivity contribution in [1.82, 2.24) is 5.32 Å². The molecule has 0 aliphatic heterocycles. The molecule has 3 nitrogen and oxygen atoms in total. The molecule has 4 atom stereocenters. The Labute approximate surface area is 130 Å². The van der Waals surface area contributed by atoms with Crippen LogP contribution < -0.4 is 11.1 Å². The van der Waals surface area contributed by atoms with Crippen molar-refractivity contribution in [2.45, 2.75) is 31.8 Å². The molecule has 1 aromatic carbocycles. The van der Waals surface area contributed by atoms with Crippen LogP contribution in [0.2, 0.25) is 5.02 Å². The van der Waals surface area contributed by atoms with E-state index >= 15 is 0 Å². The highest BCUT2D eigenvalue weighted by atomic mass is 35.5. The second-order valence-corrected chi connectivity index (χ2v) is 6.22. The maximum atomic E-state index is 12.3. The molecule has 2 saturated carbocycles. The number of halogens is 2. The van der Waals surface area contributed by atoms with Crippen molar-refractivity contribution in [2.24, 2.45) is 23.5 Å². The number of carbonyl (C=O) groups is 1. The van der Waals surface area contributed by atoms with Gasteiger partial charge in [-0.1, -0.05) is 23.7 Å². The van der Waals surface area contributed by atoms with Gasteiger partial charge in [-0.2, -0.15) is 0 Å². The number of fused-ring (bicyclic) bond motifs is 2. The zero-order valence-corrected chi connectivity index (χ0v) is 12.8. The molecule has 2 fully saturated rings. The molecule has 1 amide bonds. The van der Waals surface area contributed by atoms with Crippen molar-refractivity contribution in [2.75, 3.05) is 0 Å². The molecular formula is C15H20Cl2N2O. The van der Waals surface area contributed by atoms with Gasteiger partial charge in [0.15, 0.2) is 0 Å². The van der Waals surface area contributed by atoms with E-state index in [1.807, 2.05) is 24.3 Å². The molecule has 2 aliphatic rings. The van der Waals surface area contributed by atoms with E-state index in [0.717, 1.165) is 18.4 Å². The largest absolute Gasteiger partial charge is 0.352 e. The lowest BCUT2D eigenvalue weighted by molar-refractivity contribution is -0.127. The average molecular weight is 315 g/mol. The van der Waals surface area contributed by atoms with E-state index in [-0.39, 0.29) is 30.3 Å². The summed E-state index contributed by atoms with van der Waals surface area (Å²) in [7, 11) is 0. The molecule has 2 aliphatic carbocycles. The van der Waals surface area contributed by atoms with Crippen LogP contribution in [0.4, 0.5) is 0 Å². The fourth-order valence-electron chi connectivity index (χ4n) is 3.68. The smallest absolute Gasteiger partial charge is 0.225 e. The zero-order chi connectivity index (χ0) is 13.4. The van der Waals surface area contributed by atoms with Gasteiger partial charge in [-0.15, -0.1) is 12.4 Å². The number of nitrogens with one attached hydrogen (secondary N) is 1. The molecule has 0 aromatic heterocycles. The number of hydrogen-bond acceptors (Lipinski definition) is 2. The topological polar surface area (TPSA) is 55.1 Å². The second kappa shape index (κ2) is 6.33. The SMILES string of the molecule is Cl.NC1C2CCC(C2)C1C(=O)NCc1cccc(Cl)c1. The van der Waals surface area contributed by atoms with E-state index in [0.29, 0.717) is 23.4 Å². The van der Waals surface area contributed by atoms with Crippen LogP contribution in [0.15, 0.2) is 24.3 Å². The normalized spacial score (nSPS) is 30.9. The molecule has 0 saturated heterocycles. The summed E-state index contributed by atoms with van der Waals surface area (Å²) in [5.74, 6) is 1.18. The zero-order valence-electron chi connectivity index (χ0n) is 11.2. The summed E-state index contributed by atoms with van der Waals surface area (Å²) in [5, 5.41) is 3.70. The molecule has 5 heteroatoms.